The van der Waals surface area contributed by atoms with Crippen molar-refractivity contribution in [3.63, 3.8) is 0 Å². The van der Waals surface area contributed by atoms with Crippen molar-refractivity contribution in [2.24, 2.45) is 0 Å². The van der Waals surface area contributed by atoms with Crippen LogP contribution in [0.2, 0.25) is 0 Å². The Morgan fingerprint density at radius 3 is 3.06 bits per heavy atom. The van der Waals surface area contributed by atoms with Crippen molar-refractivity contribution in [2.75, 3.05) is 5.73 Å². The number of aromatic nitrogens is 3. The van der Waals surface area contributed by atoms with Gasteiger partial charge in [-0.05, 0) is 12.0 Å². The molecule has 0 aliphatic rings. The second-order valence-electron chi connectivity index (χ2n) is 3.85. The first-order valence-corrected chi connectivity index (χ1v) is 5.85. The van der Waals surface area contributed by atoms with E-state index in [0.29, 0.717) is 5.82 Å². The molecule has 92 valence electrons. The molecule has 2 heterocycles. The standard InChI is InChI=1S/C14H16N4/c1-3-5-6-7-10(4-2)11-8-16-14-12(11)13(15)17-9-18-14/h4-9H,2-3H2,1H3,(H3,15,16,17,18)/b6-5-,10-7+. The zero-order valence-corrected chi connectivity index (χ0v) is 10.4. The average molecular weight is 240 g/mol. The Labute approximate surface area is 106 Å². The zero-order valence-electron chi connectivity index (χ0n) is 10.4. The summed E-state index contributed by atoms with van der Waals surface area (Å²) in [6, 6.07) is 0. The van der Waals surface area contributed by atoms with E-state index in [1.807, 2.05) is 18.3 Å². The van der Waals surface area contributed by atoms with E-state index in [2.05, 4.69) is 34.5 Å². The monoisotopic (exact) mass is 240 g/mol. The summed E-state index contributed by atoms with van der Waals surface area (Å²) in [5.41, 5.74) is 8.60. The van der Waals surface area contributed by atoms with Gasteiger partial charge < -0.3 is 10.7 Å². The van der Waals surface area contributed by atoms with Crippen molar-refractivity contribution in [3.05, 3.63) is 49.0 Å². The first-order chi connectivity index (χ1) is 8.77. The van der Waals surface area contributed by atoms with E-state index < -0.39 is 0 Å². The van der Waals surface area contributed by atoms with Crippen molar-refractivity contribution >= 4 is 22.4 Å². The Balaban J connectivity index is 2.56. The Morgan fingerprint density at radius 2 is 2.33 bits per heavy atom. The van der Waals surface area contributed by atoms with Crippen molar-refractivity contribution in [1.82, 2.24) is 15.0 Å². The van der Waals surface area contributed by atoms with Gasteiger partial charge >= 0.3 is 0 Å². The smallest absolute Gasteiger partial charge is 0.143 e. The molecule has 3 N–H and O–H groups in total. The minimum absolute atomic E-state index is 0.475. The minimum atomic E-state index is 0.475. The van der Waals surface area contributed by atoms with Gasteiger partial charge in [-0.25, -0.2) is 9.97 Å². The van der Waals surface area contributed by atoms with Crippen LogP contribution in [0.15, 0.2) is 43.4 Å². The number of H-pyrrole nitrogens is 1. The number of anilines is 1. The molecule has 0 aliphatic heterocycles. The van der Waals surface area contributed by atoms with E-state index in [0.717, 1.165) is 28.6 Å². The lowest BCUT2D eigenvalue weighted by Gasteiger charge is -2.00. The number of aromatic amines is 1. The van der Waals surface area contributed by atoms with Crippen molar-refractivity contribution < 1.29 is 0 Å². The highest BCUT2D eigenvalue weighted by atomic mass is 15.0. The summed E-state index contributed by atoms with van der Waals surface area (Å²) in [7, 11) is 0. The summed E-state index contributed by atoms with van der Waals surface area (Å²) in [6.45, 7) is 5.93. The van der Waals surface area contributed by atoms with E-state index in [1.54, 1.807) is 6.08 Å². The molecule has 0 radical (unpaired) electrons. The number of allylic oxidation sites excluding steroid dienone is 5. The van der Waals surface area contributed by atoms with Gasteiger partial charge in [-0.2, -0.15) is 0 Å². The maximum Gasteiger partial charge on any atom is 0.143 e. The van der Waals surface area contributed by atoms with E-state index in [9.17, 15) is 0 Å². The average Bonchev–Trinajstić information content (AvgIpc) is 2.80. The molecule has 0 atom stereocenters. The van der Waals surface area contributed by atoms with Crippen LogP contribution in [-0.2, 0) is 0 Å². The topological polar surface area (TPSA) is 67.6 Å². The van der Waals surface area contributed by atoms with Gasteiger partial charge in [-0.15, -0.1) is 0 Å². The summed E-state index contributed by atoms with van der Waals surface area (Å²) in [4.78, 5) is 11.3. The SMILES string of the molecule is C=C/C(=C\C=C/CC)c1c[nH]c2ncnc(N)c12. The molecule has 0 aromatic carbocycles. The highest BCUT2D eigenvalue weighted by molar-refractivity contribution is 5.99. The third kappa shape index (κ3) is 2.18. The van der Waals surface area contributed by atoms with Gasteiger partial charge in [0, 0.05) is 11.8 Å². The number of nitrogens with one attached hydrogen (secondary N) is 1. The predicted octanol–water partition coefficient (Wildman–Crippen LogP) is 3.08. The number of fused-ring (bicyclic) bond motifs is 1. The zero-order chi connectivity index (χ0) is 13.0. The molecular formula is C14H16N4. The molecule has 0 fully saturated rings. The van der Waals surface area contributed by atoms with Gasteiger partial charge in [0.05, 0.1) is 5.39 Å². The second kappa shape index (κ2) is 5.31. The third-order valence-corrected chi connectivity index (χ3v) is 2.68. The first kappa shape index (κ1) is 12.1. The molecule has 18 heavy (non-hydrogen) atoms. The fourth-order valence-electron chi connectivity index (χ4n) is 1.79. The van der Waals surface area contributed by atoms with Crippen molar-refractivity contribution in [1.29, 1.82) is 0 Å². The molecule has 4 nitrogen and oxygen atoms in total. The number of rotatable bonds is 4. The fourth-order valence-corrected chi connectivity index (χ4v) is 1.79. The van der Waals surface area contributed by atoms with Crippen LogP contribution in [0.4, 0.5) is 5.82 Å². The Kier molecular flexibility index (Phi) is 3.57. The van der Waals surface area contributed by atoms with Crippen LogP contribution in [0.1, 0.15) is 18.9 Å². The molecule has 0 saturated carbocycles. The molecule has 2 aromatic heterocycles. The minimum Gasteiger partial charge on any atom is -0.383 e. The second-order valence-corrected chi connectivity index (χ2v) is 3.85. The van der Waals surface area contributed by atoms with Crippen LogP contribution in [0.3, 0.4) is 0 Å². The van der Waals surface area contributed by atoms with Gasteiger partial charge in [0.25, 0.3) is 0 Å². The summed E-state index contributed by atoms with van der Waals surface area (Å²) < 4.78 is 0. The number of hydrogen-bond acceptors (Lipinski definition) is 3. The van der Waals surface area contributed by atoms with Gasteiger partial charge in [-0.3, -0.25) is 0 Å². The Hall–Kier alpha value is -2.36. The summed E-state index contributed by atoms with van der Waals surface area (Å²) >= 11 is 0. The quantitative estimate of drug-likeness (QED) is 0.807. The maximum atomic E-state index is 5.90. The van der Waals surface area contributed by atoms with E-state index in [1.165, 1.54) is 6.33 Å². The first-order valence-electron chi connectivity index (χ1n) is 5.85. The molecule has 0 aliphatic carbocycles. The lowest BCUT2D eigenvalue weighted by atomic mass is 10.1. The number of nitrogen functional groups attached to an aromatic ring is 1. The molecule has 4 heteroatoms. The number of nitrogens with two attached hydrogens (primary N) is 1. The van der Waals surface area contributed by atoms with Crippen LogP contribution in [0.25, 0.3) is 16.6 Å². The number of nitrogens with zero attached hydrogens (tertiary/aromatic N) is 2. The predicted molar refractivity (Wildman–Crippen MR) is 75.9 cm³/mol. The Morgan fingerprint density at radius 1 is 1.50 bits per heavy atom. The van der Waals surface area contributed by atoms with Gasteiger partial charge in [0.2, 0.25) is 0 Å². The highest BCUT2D eigenvalue weighted by Crippen LogP contribution is 2.27. The van der Waals surface area contributed by atoms with Crippen LogP contribution in [0.5, 0.6) is 0 Å². The van der Waals surface area contributed by atoms with Crippen LogP contribution in [-0.4, -0.2) is 15.0 Å². The van der Waals surface area contributed by atoms with Crippen molar-refractivity contribution in [3.8, 4) is 0 Å². The van der Waals surface area contributed by atoms with Crippen molar-refractivity contribution in [2.45, 2.75) is 13.3 Å². The van der Waals surface area contributed by atoms with Crippen LogP contribution < -0.4 is 5.73 Å². The molecular weight excluding hydrogens is 224 g/mol. The summed E-state index contributed by atoms with van der Waals surface area (Å²) in [6.07, 6.45) is 12.2. The molecule has 2 rings (SSSR count). The van der Waals surface area contributed by atoms with Crippen LogP contribution >= 0.6 is 0 Å². The van der Waals surface area contributed by atoms with Gasteiger partial charge in [-0.1, -0.05) is 37.8 Å². The van der Waals surface area contributed by atoms with E-state index in [-0.39, 0.29) is 0 Å². The lowest BCUT2D eigenvalue weighted by Crippen LogP contribution is -1.93. The van der Waals surface area contributed by atoms with Gasteiger partial charge in [0.1, 0.15) is 17.8 Å². The number of hydrogen-bond donors (Lipinski definition) is 2. The summed E-state index contributed by atoms with van der Waals surface area (Å²) in [5.74, 6) is 0.475. The molecule has 2 aromatic rings. The molecule has 0 unspecified atom stereocenters. The van der Waals surface area contributed by atoms with E-state index >= 15 is 0 Å². The summed E-state index contributed by atoms with van der Waals surface area (Å²) in [5, 5.41) is 0.841. The Bertz CT molecular complexity index is 620. The maximum absolute atomic E-state index is 5.90. The third-order valence-electron chi connectivity index (χ3n) is 2.68. The molecule has 0 amide bonds. The largest absolute Gasteiger partial charge is 0.383 e. The van der Waals surface area contributed by atoms with Gasteiger partial charge in [0.15, 0.2) is 0 Å². The normalized spacial score (nSPS) is 12.4. The fraction of sp³-hybridized carbons (Fsp3) is 0.143. The molecule has 0 saturated heterocycles. The molecule has 0 bridgehead atoms. The lowest BCUT2D eigenvalue weighted by molar-refractivity contribution is 1.21. The van der Waals surface area contributed by atoms with E-state index in [4.69, 9.17) is 5.73 Å². The molecule has 0 spiro atoms. The highest BCUT2D eigenvalue weighted by Gasteiger charge is 2.10. The van der Waals surface area contributed by atoms with Crippen LogP contribution in [0, 0.1) is 0 Å².